The normalized spacial score (nSPS) is 11.4. The Labute approximate surface area is 135 Å². The van der Waals surface area contributed by atoms with E-state index >= 15 is 0 Å². The third-order valence-corrected chi connectivity index (χ3v) is 5.48. The highest BCUT2D eigenvalue weighted by atomic mass is 79.9. The van der Waals surface area contributed by atoms with E-state index in [4.69, 9.17) is 23.2 Å². The maximum atomic E-state index is 12.3. The lowest BCUT2D eigenvalue weighted by molar-refractivity contribution is 0.600. The first-order valence-electron chi connectivity index (χ1n) is 5.41. The molecule has 0 fully saturated rings. The summed E-state index contributed by atoms with van der Waals surface area (Å²) in [4.78, 5) is 4.15. The molecular weight excluding hydrogens is 387 g/mol. The molecule has 0 saturated carbocycles. The van der Waals surface area contributed by atoms with Gasteiger partial charge < -0.3 is 0 Å². The lowest BCUT2D eigenvalue weighted by Crippen LogP contribution is -2.15. The van der Waals surface area contributed by atoms with Crippen LogP contribution in [-0.2, 0) is 10.0 Å². The molecule has 1 aromatic heterocycles. The molecule has 20 heavy (non-hydrogen) atoms. The first-order valence-corrected chi connectivity index (χ1v) is 8.44. The molecule has 0 radical (unpaired) electrons. The largest absolute Gasteiger partial charge is 0.264 e. The molecule has 4 nitrogen and oxygen atoms in total. The Hall–Kier alpha value is -0.820. The van der Waals surface area contributed by atoms with Gasteiger partial charge in [0, 0.05) is 4.47 Å². The molecule has 0 spiro atoms. The maximum Gasteiger partial charge on any atom is 0.264 e. The van der Waals surface area contributed by atoms with Crippen LogP contribution in [0.15, 0.2) is 39.7 Å². The summed E-state index contributed by atoms with van der Waals surface area (Å²) in [5, 5.41) is 0.509. The van der Waals surface area contributed by atoms with Gasteiger partial charge >= 0.3 is 0 Å². The highest BCUT2D eigenvalue weighted by Crippen LogP contribution is 2.29. The van der Waals surface area contributed by atoms with Crippen molar-refractivity contribution in [3.63, 3.8) is 0 Å². The monoisotopic (exact) mass is 394 g/mol. The predicted molar refractivity (Wildman–Crippen MR) is 83.9 cm³/mol. The first-order chi connectivity index (χ1) is 9.31. The molecule has 2 aromatic rings. The zero-order valence-electron chi connectivity index (χ0n) is 10.2. The molecule has 0 aliphatic heterocycles. The van der Waals surface area contributed by atoms with Crippen molar-refractivity contribution in [2.24, 2.45) is 0 Å². The lowest BCUT2D eigenvalue weighted by atomic mass is 10.4. The van der Waals surface area contributed by atoms with Crippen molar-refractivity contribution >= 4 is 55.0 Å². The van der Waals surface area contributed by atoms with E-state index in [-0.39, 0.29) is 15.7 Å². The van der Waals surface area contributed by atoms with Crippen molar-refractivity contribution < 1.29 is 8.42 Å². The van der Waals surface area contributed by atoms with Gasteiger partial charge in [0.25, 0.3) is 10.0 Å². The van der Waals surface area contributed by atoms with Crippen LogP contribution in [0.5, 0.6) is 0 Å². The van der Waals surface area contributed by atoms with Crippen molar-refractivity contribution in [3.05, 3.63) is 50.5 Å². The number of pyridine rings is 1. The summed E-state index contributed by atoms with van der Waals surface area (Å²) < 4.78 is 27.4. The second kappa shape index (κ2) is 5.89. The van der Waals surface area contributed by atoms with Crippen LogP contribution in [0.2, 0.25) is 10.0 Å². The minimum absolute atomic E-state index is 0.0457. The van der Waals surface area contributed by atoms with Gasteiger partial charge in [-0.2, -0.15) is 0 Å². The molecule has 0 aliphatic carbocycles. The Morgan fingerprint density at radius 1 is 1.20 bits per heavy atom. The van der Waals surface area contributed by atoms with Gasteiger partial charge in [-0.05, 0) is 41.1 Å². The molecule has 1 N–H and O–H groups in total. The number of aromatic nitrogens is 1. The van der Waals surface area contributed by atoms with Crippen LogP contribution in [0, 0.1) is 6.92 Å². The standard InChI is InChI=1S/C12H9BrCl2N2O2S/c1-7-9(14)6-10(15)12(16-7)17-20(18,19)11-5-3-2-4-8(11)13/h2-6H,1H3,(H,16,17). The van der Waals surface area contributed by atoms with Gasteiger partial charge in [0.05, 0.1) is 15.7 Å². The van der Waals surface area contributed by atoms with Crippen LogP contribution in [0.1, 0.15) is 5.69 Å². The molecule has 8 heteroatoms. The van der Waals surface area contributed by atoms with E-state index in [1.807, 2.05) is 0 Å². The number of nitrogens with one attached hydrogen (secondary N) is 1. The minimum Gasteiger partial charge on any atom is -0.262 e. The van der Waals surface area contributed by atoms with Crippen molar-refractivity contribution in [2.45, 2.75) is 11.8 Å². The summed E-state index contributed by atoms with van der Waals surface area (Å²) in [5.41, 5.74) is 0.487. The number of hydrogen-bond donors (Lipinski definition) is 1. The van der Waals surface area contributed by atoms with Crippen LogP contribution in [0.4, 0.5) is 5.82 Å². The van der Waals surface area contributed by atoms with Crippen molar-refractivity contribution in [2.75, 3.05) is 4.72 Å². The van der Waals surface area contributed by atoms with Crippen LogP contribution in [-0.4, -0.2) is 13.4 Å². The van der Waals surface area contributed by atoms with Crippen LogP contribution >= 0.6 is 39.1 Å². The summed E-state index contributed by atoms with van der Waals surface area (Å²) in [7, 11) is -3.78. The van der Waals surface area contributed by atoms with Crippen molar-refractivity contribution in [1.82, 2.24) is 4.98 Å². The molecule has 0 bridgehead atoms. The number of rotatable bonds is 3. The van der Waals surface area contributed by atoms with Gasteiger partial charge in [0.2, 0.25) is 0 Å². The number of halogens is 3. The molecule has 2 rings (SSSR count). The van der Waals surface area contributed by atoms with E-state index in [9.17, 15) is 8.42 Å². The Bertz CT molecular complexity index is 766. The van der Waals surface area contributed by atoms with E-state index < -0.39 is 10.0 Å². The first kappa shape index (κ1) is 15.6. The van der Waals surface area contributed by atoms with Crippen molar-refractivity contribution in [1.29, 1.82) is 0 Å². The fourth-order valence-corrected chi connectivity index (χ4v) is 3.96. The van der Waals surface area contributed by atoms with Gasteiger partial charge in [-0.1, -0.05) is 35.3 Å². The fourth-order valence-electron chi connectivity index (χ4n) is 1.48. The number of nitrogens with zero attached hydrogens (tertiary/aromatic N) is 1. The topological polar surface area (TPSA) is 59.1 Å². The van der Waals surface area contributed by atoms with E-state index in [0.717, 1.165) is 0 Å². The third-order valence-electron chi connectivity index (χ3n) is 2.46. The molecule has 106 valence electrons. The third kappa shape index (κ3) is 3.25. The molecule has 0 saturated heterocycles. The van der Waals surface area contributed by atoms with Gasteiger partial charge in [0.1, 0.15) is 4.90 Å². The number of benzene rings is 1. The van der Waals surface area contributed by atoms with E-state index in [1.54, 1.807) is 25.1 Å². The van der Waals surface area contributed by atoms with E-state index in [0.29, 0.717) is 15.2 Å². The average Bonchev–Trinajstić information content (AvgIpc) is 2.36. The Kier molecular flexibility index (Phi) is 4.59. The van der Waals surface area contributed by atoms with Gasteiger partial charge in [0.15, 0.2) is 5.82 Å². The molecular formula is C12H9BrCl2N2O2S. The van der Waals surface area contributed by atoms with Crippen LogP contribution < -0.4 is 4.72 Å². The number of hydrogen-bond acceptors (Lipinski definition) is 3. The summed E-state index contributed by atoms with van der Waals surface area (Å²) in [5.74, 6) is 0.0457. The second-order valence-electron chi connectivity index (χ2n) is 3.92. The Morgan fingerprint density at radius 2 is 1.85 bits per heavy atom. The number of aryl methyl sites for hydroxylation is 1. The highest BCUT2D eigenvalue weighted by molar-refractivity contribution is 9.10. The number of anilines is 1. The summed E-state index contributed by atoms with van der Waals surface area (Å²) in [6.07, 6.45) is 0. The summed E-state index contributed by atoms with van der Waals surface area (Å²) in [6, 6.07) is 7.91. The smallest absolute Gasteiger partial charge is 0.262 e. The molecule has 0 aliphatic rings. The quantitative estimate of drug-likeness (QED) is 0.844. The highest BCUT2D eigenvalue weighted by Gasteiger charge is 2.19. The summed E-state index contributed by atoms with van der Waals surface area (Å²) in [6.45, 7) is 1.66. The fraction of sp³-hybridized carbons (Fsp3) is 0.0833. The Morgan fingerprint density at radius 3 is 2.50 bits per heavy atom. The predicted octanol–water partition coefficient (Wildman–Crippen LogP) is 4.26. The van der Waals surface area contributed by atoms with E-state index in [1.165, 1.54) is 12.1 Å². The average molecular weight is 396 g/mol. The Balaban J connectivity index is 2.44. The van der Waals surface area contributed by atoms with Gasteiger partial charge in [-0.3, -0.25) is 4.72 Å². The lowest BCUT2D eigenvalue weighted by Gasteiger charge is -2.11. The van der Waals surface area contributed by atoms with Crippen LogP contribution in [0.25, 0.3) is 0 Å². The zero-order chi connectivity index (χ0) is 14.9. The molecule has 0 amide bonds. The van der Waals surface area contributed by atoms with Crippen molar-refractivity contribution in [3.8, 4) is 0 Å². The van der Waals surface area contributed by atoms with Gasteiger partial charge in [-0.15, -0.1) is 0 Å². The molecule has 1 heterocycles. The SMILES string of the molecule is Cc1nc(NS(=O)(=O)c2ccccc2Br)c(Cl)cc1Cl. The minimum atomic E-state index is -3.78. The zero-order valence-corrected chi connectivity index (χ0v) is 14.1. The molecule has 1 aromatic carbocycles. The molecule has 0 unspecified atom stereocenters. The molecule has 0 atom stereocenters. The summed E-state index contributed by atoms with van der Waals surface area (Å²) >= 11 is 15.0. The van der Waals surface area contributed by atoms with Crippen LogP contribution in [0.3, 0.4) is 0 Å². The second-order valence-corrected chi connectivity index (χ2v) is 7.24. The number of sulfonamides is 1. The van der Waals surface area contributed by atoms with E-state index in [2.05, 4.69) is 25.6 Å². The van der Waals surface area contributed by atoms with Gasteiger partial charge in [-0.25, -0.2) is 13.4 Å². The maximum absolute atomic E-state index is 12.3.